The van der Waals surface area contributed by atoms with Crippen molar-refractivity contribution in [2.24, 2.45) is 0 Å². The van der Waals surface area contributed by atoms with E-state index < -0.39 is 16.1 Å². The van der Waals surface area contributed by atoms with Gasteiger partial charge in [0.1, 0.15) is 11.8 Å². The average Bonchev–Trinajstić information content (AvgIpc) is 3.23. The maximum Gasteiger partial charge on any atom is 0.243 e. The lowest BCUT2D eigenvalue weighted by atomic mass is 10.0. The highest BCUT2D eigenvalue weighted by Gasteiger charge is 2.39. The zero-order valence-electron chi connectivity index (χ0n) is 17.4. The van der Waals surface area contributed by atoms with Gasteiger partial charge < -0.3 is 10.1 Å². The summed E-state index contributed by atoms with van der Waals surface area (Å²) in [4.78, 5) is 13.2. The van der Waals surface area contributed by atoms with Crippen molar-refractivity contribution in [3.05, 3.63) is 58.6 Å². The quantitative estimate of drug-likeness (QED) is 0.689. The van der Waals surface area contributed by atoms with E-state index in [1.54, 1.807) is 19.2 Å². The van der Waals surface area contributed by atoms with E-state index in [2.05, 4.69) is 5.32 Å². The summed E-state index contributed by atoms with van der Waals surface area (Å²) in [5.41, 5.74) is 1.95. The van der Waals surface area contributed by atoms with E-state index in [1.165, 1.54) is 16.4 Å². The third-order valence-corrected chi connectivity index (χ3v) is 7.65. The second-order valence-electron chi connectivity index (χ2n) is 7.43. The SMILES string of the molecule is CCC(NC(=O)C1CCCN1S(=O)(=O)c1ccc(Cl)cc1)c1ccc(OC)c(C)c1. The Balaban J connectivity index is 1.79. The van der Waals surface area contributed by atoms with Gasteiger partial charge in [0.25, 0.3) is 0 Å². The summed E-state index contributed by atoms with van der Waals surface area (Å²) >= 11 is 5.88. The van der Waals surface area contributed by atoms with Gasteiger partial charge in [0.15, 0.2) is 0 Å². The van der Waals surface area contributed by atoms with Crippen molar-refractivity contribution >= 4 is 27.5 Å². The normalized spacial score (nSPS) is 18.2. The Morgan fingerprint density at radius 1 is 1.27 bits per heavy atom. The molecule has 0 aliphatic carbocycles. The molecule has 30 heavy (non-hydrogen) atoms. The molecule has 0 aromatic heterocycles. The van der Waals surface area contributed by atoms with E-state index in [9.17, 15) is 13.2 Å². The van der Waals surface area contributed by atoms with E-state index in [-0.39, 0.29) is 16.8 Å². The minimum atomic E-state index is -3.78. The van der Waals surface area contributed by atoms with Crippen LogP contribution in [0.5, 0.6) is 5.75 Å². The number of sulfonamides is 1. The maximum absolute atomic E-state index is 13.1. The molecule has 1 aliphatic rings. The topological polar surface area (TPSA) is 75.7 Å². The largest absolute Gasteiger partial charge is 0.496 e. The molecule has 1 amide bonds. The summed E-state index contributed by atoms with van der Waals surface area (Å²) in [7, 11) is -2.15. The van der Waals surface area contributed by atoms with Crippen LogP contribution in [-0.2, 0) is 14.8 Å². The molecule has 3 rings (SSSR count). The van der Waals surface area contributed by atoms with Crippen molar-refractivity contribution < 1.29 is 17.9 Å². The van der Waals surface area contributed by atoms with Crippen LogP contribution in [0.1, 0.15) is 43.4 Å². The van der Waals surface area contributed by atoms with Crippen LogP contribution in [0.3, 0.4) is 0 Å². The van der Waals surface area contributed by atoms with Gasteiger partial charge in [-0.25, -0.2) is 8.42 Å². The van der Waals surface area contributed by atoms with Crippen LogP contribution >= 0.6 is 11.6 Å². The number of carbonyl (C=O) groups excluding carboxylic acids is 1. The molecule has 162 valence electrons. The zero-order valence-corrected chi connectivity index (χ0v) is 19.0. The van der Waals surface area contributed by atoms with E-state index >= 15 is 0 Å². The summed E-state index contributed by atoms with van der Waals surface area (Å²) in [5.74, 6) is 0.515. The lowest BCUT2D eigenvalue weighted by molar-refractivity contribution is -0.125. The van der Waals surface area contributed by atoms with Crippen LogP contribution in [0.25, 0.3) is 0 Å². The van der Waals surface area contributed by atoms with E-state index in [4.69, 9.17) is 16.3 Å². The van der Waals surface area contributed by atoms with Crippen LogP contribution < -0.4 is 10.1 Å². The molecule has 2 aromatic rings. The smallest absolute Gasteiger partial charge is 0.243 e. The first-order valence-corrected chi connectivity index (χ1v) is 11.8. The standard InChI is InChI=1S/C22H27ClN2O4S/c1-4-19(16-7-12-21(29-3)15(2)14-16)24-22(26)20-6-5-13-25(20)30(27,28)18-10-8-17(23)9-11-18/h7-12,14,19-20H,4-6,13H2,1-3H3,(H,24,26). The third kappa shape index (κ3) is 4.63. The summed E-state index contributed by atoms with van der Waals surface area (Å²) in [6, 6.07) is 10.9. The van der Waals surface area contributed by atoms with Gasteiger partial charge in [0.05, 0.1) is 18.0 Å². The molecular formula is C22H27ClN2O4S. The van der Waals surface area contributed by atoms with Crippen molar-refractivity contribution in [1.29, 1.82) is 0 Å². The molecule has 1 aliphatic heterocycles. The number of methoxy groups -OCH3 is 1. The van der Waals surface area contributed by atoms with Gasteiger partial charge in [-0.3, -0.25) is 4.79 Å². The molecule has 1 N–H and O–H groups in total. The molecule has 2 atom stereocenters. The number of nitrogens with zero attached hydrogens (tertiary/aromatic N) is 1. The Labute approximate surface area is 183 Å². The molecule has 6 nitrogen and oxygen atoms in total. The number of hydrogen-bond acceptors (Lipinski definition) is 4. The number of halogens is 1. The zero-order chi connectivity index (χ0) is 21.9. The van der Waals surface area contributed by atoms with E-state index in [0.717, 1.165) is 16.9 Å². The number of ether oxygens (including phenoxy) is 1. The first-order valence-electron chi connectivity index (χ1n) is 10.00. The number of carbonyl (C=O) groups is 1. The van der Waals surface area contributed by atoms with Crippen LogP contribution in [0.2, 0.25) is 5.02 Å². The first kappa shape index (κ1) is 22.6. The highest BCUT2D eigenvalue weighted by Crippen LogP contribution is 2.29. The van der Waals surface area contributed by atoms with Gasteiger partial charge in [-0.05, 0) is 67.6 Å². The number of benzene rings is 2. The summed E-state index contributed by atoms with van der Waals surface area (Å²) in [5, 5.41) is 3.51. The maximum atomic E-state index is 13.1. The number of rotatable bonds is 7. The Morgan fingerprint density at radius 2 is 1.97 bits per heavy atom. The second-order valence-corrected chi connectivity index (χ2v) is 9.75. The Bertz CT molecular complexity index is 1010. The van der Waals surface area contributed by atoms with Gasteiger partial charge in [0, 0.05) is 11.6 Å². The molecule has 0 bridgehead atoms. The van der Waals surface area contributed by atoms with E-state index in [1.807, 2.05) is 32.0 Å². The number of nitrogens with one attached hydrogen (secondary N) is 1. The molecule has 1 heterocycles. The molecule has 0 saturated carbocycles. The lowest BCUT2D eigenvalue weighted by Gasteiger charge is -2.26. The molecule has 0 spiro atoms. The highest BCUT2D eigenvalue weighted by molar-refractivity contribution is 7.89. The van der Waals surface area contributed by atoms with Crippen LogP contribution in [0.4, 0.5) is 0 Å². The molecule has 2 aromatic carbocycles. The van der Waals surface area contributed by atoms with Crippen molar-refractivity contribution in [3.63, 3.8) is 0 Å². The Hall–Kier alpha value is -2.09. The Morgan fingerprint density at radius 3 is 2.57 bits per heavy atom. The second kappa shape index (κ2) is 9.37. The number of amides is 1. The fourth-order valence-corrected chi connectivity index (χ4v) is 5.62. The van der Waals surface area contributed by atoms with Crippen molar-refractivity contribution in [2.45, 2.75) is 50.1 Å². The van der Waals surface area contributed by atoms with Crippen LogP contribution in [0.15, 0.2) is 47.4 Å². The lowest BCUT2D eigenvalue weighted by Crippen LogP contribution is -2.46. The van der Waals surface area contributed by atoms with Crippen LogP contribution in [0, 0.1) is 6.92 Å². The van der Waals surface area contributed by atoms with E-state index in [0.29, 0.717) is 30.8 Å². The monoisotopic (exact) mass is 450 g/mol. The fourth-order valence-electron chi connectivity index (χ4n) is 3.84. The van der Waals surface area contributed by atoms with Crippen molar-refractivity contribution in [2.75, 3.05) is 13.7 Å². The fraction of sp³-hybridized carbons (Fsp3) is 0.409. The Kier molecular flexibility index (Phi) is 7.06. The van der Waals surface area contributed by atoms with Gasteiger partial charge in [0.2, 0.25) is 15.9 Å². The molecule has 1 saturated heterocycles. The first-order chi connectivity index (χ1) is 14.3. The minimum absolute atomic E-state index is 0.143. The molecular weight excluding hydrogens is 424 g/mol. The number of hydrogen-bond donors (Lipinski definition) is 1. The van der Waals surface area contributed by atoms with Gasteiger partial charge in [-0.15, -0.1) is 0 Å². The van der Waals surface area contributed by atoms with Crippen molar-refractivity contribution in [3.8, 4) is 5.75 Å². The predicted octanol–water partition coefficient (Wildman–Crippen LogP) is 4.08. The predicted molar refractivity (Wildman–Crippen MR) is 117 cm³/mol. The van der Waals surface area contributed by atoms with Gasteiger partial charge >= 0.3 is 0 Å². The van der Waals surface area contributed by atoms with Gasteiger partial charge in [-0.2, -0.15) is 4.31 Å². The third-order valence-electron chi connectivity index (χ3n) is 5.47. The van der Waals surface area contributed by atoms with Crippen LogP contribution in [-0.4, -0.2) is 38.3 Å². The minimum Gasteiger partial charge on any atom is -0.496 e. The average molecular weight is 451 g/mol. The molecule has 0 radical (unpaired) electrons. The molecule has 2 unspecified atom stereocenters. The highest BCUT2D eigenvalue weighted by atomic mass is 35.5. The number of aryl methyl sites for hydroxylation is 1. The van der Waals surface area contributed by atoms with Gasteiger partial charge in [-0.1, -0.05) is 30.7 Å². The summed E-state index contributed by atoms with van der Waals surface area (Å²) < 4.78 is 32.8. The summed E-state index contributed by atoms with van der Waals surface area (Å²) in [6.45, 7) is 4.26. The molecule has 1 fully saturated rings. The molecule has 8 heteroatoms. The van der Waals surface area contributed by atoms with Crippen molar-refractivity contribution in [1.82, 2.24) is 9.62 Å². The summed E-state index contributed by atoms with van der Waals surface area (Å²) in [6.07, 6.45) is 1.83.